The zero-order valence-electron chi connectivity index (χ0n) is 10.9. The van der Waals surface area contributed by atoms with Gasteiger partial charge in [-0.3, -0.25) is 0 Å². The molecule has 4 nitrogen and oxygen atoms in total. The maximum absolute atomic E-state index is 12.0. The molecule has 0 aliphatic heterocycles. The Morgan fingerprint density at radius 2 is 1.74 bits per heavy atom. The summed E-state index contributed by atoms with van der Waals surface area (Å²) in [6.45, 7) is 5.65. The predicted octanol–water partition coefficient (Wildman–Crippen LogP) is 3.70. The molecule has 0 bridgehead atoms. The number of hydrogen-bond acceptors (Lipinski definition) is 6. The van der Waals surface area contributed by atoms with Crippen LogP contribution in [0.3, 0.4) is 0 Å². The molecule has 0 N–H and O–H groups in total. The fourth-order valence-corrected chi connectivity index (χ4v) is 3.70. The van der Waals surface area contributed by atoms with Gasteiger partial charge in [0.1, 0.15) is 0 Å². The molecule has 0 spiro atoms. The number of fused-ring (bicyclic) bond motifs is 1. The molecule has 2 heterocycles. The van der Waals surface area contributed by atoms with Crippen molar-refractivity contribution in [3.63, 3.8) is 0 Å². The third-order valence-corrected chi connectivity index (χ3v) is 4.49. The molecule has 0 saturated heterocycles. The molecular weight excluding hydrogens is 284 g/mol. The summed E-state index contributed by atoms with van der Waals surface area (Å²) in [4.78, 5) is 23.8. The maximum atomic E-state index is 12.0. The molecule has 0 aliphatic rings. The fraction of sp³-hybridized carbons (Fsp3) is 0.385. The highest BCUT2D eigenvalue weighted by Crippen LogP contribution is 2.35. The van der Waals surface area contributed by atoms with Gasteiger partial charge >= 0.3 is 11.9 Å². The van der Waals surface area contributed by atoms with Crippen molar-refractivity contribution in [3.8, 4) is 0 Å². The second-order valence-electron chi connectivity index (χ2n) is 4.14. The molecule has 0 fully saturated rings. The molecule has 2 rings (SSSR count). The van der Waals surface area contributed by atoms with E-state index in [1.165, 1.54) is 22.7 Å². The fourth-order valence-electron chi connectivity index (χ4n) is 1.64. The molecule has 2 aromatic rings. The lowest BCUT2D eigenvalue weighted by molar-refractivity contribution is 0.0381. The van der Waals surface area contributed by atoms with Gasteiger partial charge in [0.15, 0.2) is 0 Å². The highest BCUT2D eigenvalue weighted by molar-refractivity contribution is 7.37. The van der Waals surface area contributed by atoms with Crippen LogP contribution in [0, 0.1) is 0 Å². The van der Waals surface area contributed by atoms with Crippen molar-refractivity contribution in [2.24, 2.45) is 0 Å². The van der Waals surface area contributed by atoms with Gasteiger partial charge in [0.25, 0.3) is 0 Å². The number of esters is 2. The van der Waals surface area contributed by atoms with Gasteiger partial charge < -0.3 is 9.47 Å². The van der Waals surface area contributed by atoms with Crippen LogP contribution in [0.25, 0.3) is 9.40 Å². The van der Waals surface area contributed by atoms with Crippen LogP contribution in [-0.2, 0) is 9.47 Å². The summed E-state index contributed by atoms with van der Waals surface area (Å²) in [6, 6.07) is 0. The Balaban J connectivity index is 2.43. The summed E-state index contributed by atoms with van der Waals surface area (Å²) in [5, 5.41) is 4.11. The average Bonchev–Trinajstić information content (AvgIpc) is 2.87. The minimum Gasteiger partial charge on any atom is -0.462 e. The Kier molecular flexibility index (Phi) is 4.21. The van der Waals surface area contributed by atoms with Gasteiger partial charge in [-0.1, -0.05) is 0 Å². The number of hydrogen-bond donors (Lipinski definition) is 0. The monoisotopic (exact) mass is 298 g/mol. The van der Waals surface area contributed by atoms with E-state index in [0.29, 0.717) is 23.1 Å². The first-order chi connectivity index (χ1) is 9.04. The summed E-state index contributed by atoms with van der Waals surface area (Å²) in [7, 11) is 0. The smallest absolute Gasteiger partial charge is 0.339 e. The van der Waals surface area contributed by atoms with Crippen molar-refractivity contribution < 1.29 is 19.1 Å². The Morgan fingerprint density at radius 3 is 2.26 bits per heavy atom. The van der Waals surface area contributed by atoms with E-state index in [2.05, 4.69) is 0 Å². The van der Waals surface area contributed by atoms with Crippen LogP contribution in [0.15, 0.2) is 10.8 Å². The lowest BCUT2D eigenvalue weighted by atomic mass is 10.1. The Hall–Kier alpha value is -1.40. The first kappa shape index (κ1) is 14.0. The third kappa shape index (κ3) is 2.79. The van der Waals surface area contributed by atoms with E-state index >= 15 is 0 Å². The largest absolute Gasteiger partial charge is 0.462 e. The van der Waals surface area contributed by atoms with Gasteiger partial charge in [0, 0.05) is 16.1 Å². The second-order valence-corrected chi connectivity index (χ2v) is 6.15. The van der Waals surface area contributed by atoms with Gasteiger partial charge in [-0.15, -0.1) is 22.7 Å². The van der Waals surface area contributed by atoms with E-state index < -0.39 is 11.9 Å². The van der Waals surface area contributed by atoms with Crippen LogP contribution in [0.5, 0.6) is 0 Å². The van der Waals surface area contributed by atoms with Gasteiger partial charge in [0.05, 0.1) is 27.9 Å². The van der Waals surface area contributed by atoms with Crippen LogP contribution in [-0.4, -0.2) is 24.6 Å². The van der Waals surface area contributed by atoms with E-state index in [0.717, 1.165) is 4.01 Å². The number of thiophene rings is 2. The van der Waals surface area contributed by atoms with E-state index in [1.807, 2.05) is 0 Å². The molecule has 0 aromatic carbocycles. The molecule has 6 heteroatoms. The van der Waals surface area contributed by atoms with Crippen LogP contribution in [0.4, 0.5) is 0 Å². The first-order valence-electron chi connectivity index (χ1n) is 5.91. The van der Waals surface area contributed by atoms with Crippen LogP contribution in [0.1, 0.15) is 41.5 Å². The van der Waals surface area contributed by atoms with Crippen LogP contribution >= 0.6 is 22.7 Å². The van der Waals surface area contributed by atoms with Gasteiger partial charge in [0.2, 0.25) is 0 Å². The summed E-state index contributed by atoms with van der Waals surface area (Å²) >= 11 is 2.87. The summed E-state index contributed by atoms with van der Waals surface area (Å²) in [5.41, 5.74) is 0.886. The van der Waals surface area contributed by atoms with Crippen molar-refractivity contribution in [2.45, 2.75) is 26.9 Å². The molecule has 2 aromatic heterocycles. The molecule has 0 unspecified atom stereocenters. The highest BCUT2D eigenvalue weighted by Gasteiger charge is 2.22. The first-order valence-corrected chi connectivity index (χ1v) is 7.67. The van der Waals surface area contributed by atoms with Crippen LogP contribution in [0.2, 0.25) is 0 Å². The van der Waals surface area contributed by atoms with E-state index in [1.54, 1.807) is 31.5 Å². The molecule has 0 aliphatic carbocycles. The summed E-state index contributed by atoms with van der Waals surface area (Å²) in [6.07, 6.45) is -0.188. The minimum absolute atomic E-state index is 0.188. The maximum Gasteiger partial charge on any atom is 0.339 e. The second kappa shape index (κ2) is 5.71. The van der Waals surface area contributed by atoms with Crippen molar-refractivity contribution in [3.05, 3.63) is 21.9 Å². The average molecular weight is 298 g/mol. The molecule has 19 heavy (non-hydrogen) atoms. The number of carbonyl (C=O) groups is 2. The Morgan fingerprint density at radius 1 is 1.16 bits per heavy atom. The van der Waals surface area contributed by atoms with Crippen molar-refractivity contribution >= 4 is 44.0 Å². The highest BCUT2D eigenvalue weighted by atomic mass is 32.2. The Bertz CT molecular complexity index is 609. The zero-order chi connectivity index (χ0) is 14.0. The molecule has 102 valence electrons. The van der Waals surface area contributed by atoms with Gasteiger partial charge in [-0.25, -0.2) is 9.59 Å². The molecular formula is C13H14O4S2. The van der Waals surface area contributed by atoms with Crippen LogP contribution < -0.4 is 0 Å². The van der Waals surface area contributed by atoms with Crippen molar-refractivity contribution in [1.82, 2.24) is 0 Å². The van der Waals surface area contributed by atoms with Crippen molar-refractivity contribution in [2.75, 3.05) is 6.61 Å². The standard InChI is InChI=1S/C13H14O4S2/c1-4-16-11(14)8-5-18-13-10(8)9(6-19-13)12(15)17-7(2)3/h5-7H,4H2,1-3H3. The Labute approximate surface area is 118 Å². The molecule has 0 atom stereocenters. The number of carbonyl (C=O) groups excluding carboxylic acids is 2. The minimum atomic E-state index is -0.398. The zero-order valence-corrected chi connectivity index (χ0v) is 12.5. The molecule has 0 radical (unpaired) electrons. The SMILES string of the molecule is CCOC(=O)c1csc2scc(C(=O)OC(C)C)c12. The molecule has 0 saturated carbocycles. The van der Waals surface area contributed by atoms with E-state index in [-0.39, 0.29) is 6.10 Å². The summed E-state index contributed by atoms with van der Waals surface area (Å²) in [5.74, 6) is -0.795. The topological polar surface area (TPSA) is 52.6 Å². The van der Waals surface area contributed by atoms with Gasteiger partial charge in [-0.05, 0) is 20.8 Å². The molecule has 0 amide bonds. The number of ether oxygens (including phenoxy) is 2. The lowest BCUT2D eigenvalue weighted by Gasteiger charge is -2.07. The van der Waals surface area contributed by atoms with Crippen molar-refractivity contribution in [1.29, 1.82) is 0 Å². The summed E-state index contributed by atoms with van der Waals surface area (Å²) < 4.78 is 11.1. The quantitative estimate of drug-likeness (QED) is 0.808. The number of rotatable bonds is 4. The normalized spacial score (nSPS) is 10.9. The predicted molar refractivity (Wildman–Crippen MR) is 76.2 cm³/mol. The van der Waals surface area contributed by atoms with Gasteiger partial charge in [-0.2, -0.15) is 0 Å². The van der Waals surface area contributed by atoms with E-state index in [4.69, 9.17) is 9.47 Å². The lowest BCUT2D eigenvalue weighted by Crippen LogP contribution is -2.12. The third-order valence-electron chi connectivity index (χ3n) is 2.37. The van der Waals surface area contributed by atoms with E-state index in [9.17, 15) is 9.59 Å².